The third-order valence-corrected chi connectivity index (χ3v) is 9.48. The lowest BCUT2D eigenvalue weighted by atomic mass is 9.96. The highest BCUT2D eigenvalue weighted by atomic mass is 16.1. The molecule has 0 unspecified atom stereocenters. The van der Waals surface area contributed by atoms with Gasteiger partial charge in [-0.2, -0.15) is 0 Å². The molecule has 0 saturated heterocycles. The third kappa shape index (κ3) is 14.6. The van der Waals surface area contributed by atoms with E-state index in [9.17, 15) is 9.59 Å². The summed E-state index contributed by atoms with van der Waals surface area (Å²) in [7, 11) is 0. The fraction of sp³-hybridized carbons (Fsp3) is 0.545. The lowest BCUT2D eigenvalue weighted by Gasteiger charge is -2.07. The minimum atomic E-state index is 0.000752. The standard InChI is InChI=1S/C44H62O2/c1-3-5-7-9-11-13-15-17-19-21-23-37-25-29-39(30-26-37)43(45)41-33-35-42(36-34-41)44(46)40-31-27-38(28-32-40)24-22-20-18-16-14-12-10-8-6-4-2/h25-36H,3-24H2,1-2H3. The maximum atomic E-state index is 13.1. The highest BCUT2D eigenvalue weighted by molar-refractivity contribution is 6.11. The van der Waals surface area contributed by atoms with Gasteiger partial charge in [0.25, 0.3) is 0 Å². The number of hydrogen-bond acceptors (Lipinski definition) is 2. The van der Waals surface area contributed by atoms with Crippen LogP contribution in [0.5, 0.6) is 0 Å². The second kappa shape index (κ2) is 23.3. The molecule has 0 aliphatic carbocycles. The number of rotatable bonds is 26. The number of carbonyl (C=O) groups excluding carboxylic acids is 2. The summed E-state index contributed by atoms with van der Waals surface area (Å²) in [6, 6.07) is 23.3. The van der Waals surface area contributed by atoms with Crippen molar-refractivity contribution >= 4 is 11.6 Å². The molecular weight excluding hydrogens is 560 g/mol. The van der Waals surface area contributed by atoms with E-state index in [1.807, 2.05) is 24.3 Å². The van der Waals surface area contributed by atoms with E-state index < -0.39 is 0 Å². The minimum Gasteiger partial charge on any atom is -0.289 e. The molecule has 3 aromatic carbocycles. The van der Waals surface area contributed by atoms with E-state index in [0.717, 1.165) is 12.8 Å². The van der Waals surface area contributed by atoms with Gasteiger partial charge in [-0.3, -0.25) is 9.59 Å². The molecule has 0 saturated carbocycles. The molecule has 2 nitrogen and oxygen atoms in total. The van der Waals surface area contributed by atoms with E-state index in [0.29, 0.717) is 22.3 Å². The van der Waals surface area contributed by atoms with Crippen LogP contribution < -0.4 is 0 Å². The Morgan fingerprint density at radius 1 is 0.326 bits per heavy atom. The SMILES string of the molecule is CCCCCCCCCCCCc1ccc(C(=O)c2ccc(C(=O)c3ccc(CCCCCCCCCCCC)cc3)cc2)cc1. The smallest absolute Gasteiger partial charge is 0.193 e. The van der Waals surface area contributed by atoms with Crippen LogP contribution >= 0.6 is 0 Å². The molecule has 0 bridgehead atoms. The summed E-state index contributed by atoms with van der Waals surface area (Å²) in [4.78, 5) is 26.2. The van der Waals surface area contributed by atoms with E-state index in [2.05, 4.69) is 38.1 Å². The molecule has 0 heterocycles. The van der Waals surface area contributed by atoms with E-state index in [-0.39, 0.29) is 11.6 Å². The Labute approximate surface area is 281 Å². The molecule has 2 heteroatoms. The molecule has 0 radical (unpaired) electrons. The van der Waals surface area contributed by atoms with Crippen LogP contribution in [0.2, 0.25) is 0 Å². The van der Waals surface area contributed by atoms with Crippen molar-refractivity contribution in [3.63, 3.8) is 0 Å². The van der Waals surface area contributed by atoms with Gasteiger partial charge in [0.1, 0.15) is 0 Å². The zero-order valence-electron chi connectivity index (χ0n) is 29.3. The molecule has 0 aromatic heterocycles. The first kappa shape index (κ1) is 37.5. The zero-order chi connectivity index (χ0) is 32.7. The summed E-state index contributed by atoms with van der Waals surface area (Å²) in [5.41, 5.74) is 5.22. The van der Waals surface area contributed by atoms with Crippen molar-refractivity contribution in [2.24, 2.45) is 0 Å². The topological polar surface area (TPSA) is 34.1 Å². The van der Waals surface area contributed by atoms with E-state index in [1.165, 1.54) is 140 Å². The molecule has 0 atom stereocenters. The van der Waals surface area contributed by atoms with Gasteiger partial charge in [0.05, 0.1) is 0 Å². The molecule has 0 fully saturated rings. The van der Waals surface area contributed by atoms with Crippen LogP contribution in [0, 0.1) is 0 Å². The molecule has 0 aliphatic heterocycles. The maximum absolute atomic E-state index is 13.1. The van der Waals surface area contributed by atoms with Crippen LogP contribution in [0.3, 0.4) is 0 Å². The Hall–Kier alpha value is -3.00. The third-order valence-electron chi connectivity index (χ3n) is 9.48. The highest BCUT2D eigenvalue weighted by Gasteiger charge is 2.13. The molecule has 0 N–H and O–H groups in total. The van der Waals surface area contributed by atoms with Crippen molar-refractivity contribution in [1.82, 2.24) is 0 Å². The normalized spacial score (nSPS) is 11.2. The number of aryl methyl sites for hydroxylation is 2. The molecule has 0 amide bonds. The Morgan fingerprint density at radius 2 is 0.543 bits per heavy atom. The molecule has 46 heavy (non-hydrogen) atoms. The molecule has 3 rings (SSSR count). The fourth-order valence-electron chi connectivity index (χ4n) is 6.39. The van der Waals surface area contributed by atoms with Gasteiger partial charge in [-0.1, -0.05) is 202 Å². The Kier molecular flexibility index (Phi) is 19.0. The average molecular weight is 623 g/mol. The highest BCUT2D eigenvalue weighted by Crippen LogP contribution is 2.18. The van der Waals surface area contributed by atoms with Gasteiger partial charge in [-0.15, -0.1) is 0 Å². The van der Waals surface area contributed by atoms with Crippen molar-refractivity contribution in [3.05, 3.63) is 106 Å². The van der Waals surface area contributed by atoms with Crippen LogP contribution in [0.4, 0.5) is 0 Å². The monoisotopic (exact) mass is 622 g/mol. The van der Waals surface area contributed by atoms with Crippen LogP contribution in [0.25, 0.3) is 0 Å². The van der Waals surface area contributed by atoms with E-state index in [1.54, 1.807) is 24.3 Å². The predicted octanol–water partition coefficient (Wildman–Crippen LogP) is 13.1. The van der Waals surface area contributed by atoms with Gasteiger partial charge >= 0.3 is 0 Å². The lowest BCUT2D eigenvalue weighted by Crippen LogP contribution is -2.05. The van der Waals surface area contributed by atoms with Gasteiger partial charge in [-0.05, 0) is 36.8 Å². The molecule has 0 spiro atoms. The van der Waals surface area contributed by atoms with Gasteiger partial charge in [0.15, 0.2) is 11.6 Å². The molecule has 0 aliphatic rings. The second-order valence-corrected chi connectivity index (χ2v) is 13.5. The minimum absolute atomic E-state index is 0.000752. The van der Waals surface area contributed by atoms with Crippen LogP contribution in [0.15, 0.2) is 72.8 Å². The quantitative estimate of drug-likeness (QED) is 0.0659. The van der Waals surface area contributed by atoms with Gasteiger partial charge in [0.2, 0.25) is 0 Å². The molecule has 250 valence electrons. The van der Waals surface area contributed by atoms with Gasteiger partial charge in [0, 0.05) is 22.3 Å². The summed E-state index contributed by atoms with van der Waals surface area (Å²) >= 11 is 0. The number of unbranched alkanes of at least 4 members (excludes halogenated alkanes) is 18. The summed E-state index contributed by atoms with van der Waals surface area (Å²) in [5, 5.41) is 0. The van der Waals surface area contributed by atoms with Gasteiger partial charge in [-0.25, -0.2) is 0 Å². The van der Waals surface area contributed by atoms with Crippen molar-refractivity contribution < 1.29 is 9.59 Å². The first-order valence-electron chi connectivity index (χ1n) is 19.0. The number of carbonyl (C=O) groups is 2. The molecule has 3 aromatic rings. The van der Waals surface area contributed by atoms with Crippen molar-refractivity contribution in [2.45, 2.75) is 155 Å². The fourth-order valence-corrected chi connectivity index (χ4v) is 6.39. The lowest BCUT2D eigenvalue weighted by molar-refractivity contribution is 0.102. The number of hydrogen-bond donors (Lipinski definition) is 0. The Bertz CT molecular complexity index is 1120. The average Bonchev–Trinajstić information content (AvgIpc) is 3.10. The summed E-state index contributed by atoms with van der Waals surface area (Å²) < 4.78 is 0. The number of ketones is 2. The van der Waals surface area contributed by atoms with Crippen LogP contribution in [-0.4, -0.2) is 11.6 Å². The second-order valence-electron chi connectivity index (χ2n) is 13.5. The first-order chi connectivity index (χ1) is 22.6. The van der Waals surface area contributed by atoms with Crippen molar-refractivity contribution in [2.75, 3.05) is 0 Å². The predicted molar refractivity (Wildman–Crippen MR) is 197 cm³/mol. The first-order valence-corrected chi connectivity index (χ1v) is 19.0. The molecular formula is C44H62O2. The maximum Gasteiger partial charge on any atom is 0.193 e. The Balaban J connectivity index is 1.34. The van der Waals surface area contributed by atoms with Crippen LogP contribution in [-0.2, 0) is 12.8 Å². The summed E-state index contributed by atoms with van der Waals surface area (Å²) in [6.45, 7) is 4.54. The van der Waals surface area contributed by atoms with Crippen LogP contribution in [0.1, 0.15) is 185 Å². The van der Waals surface area contributed by atoms with Gasteiger partial charge < -0.3 is 0 Å². The number of benzene rings is 3. The summed E-state index contributed by atoms with van der Waals surface area (Å²) in [5.74, 6) is 0.00150. The summed E-state index contributed by atoms with van der Waals surface area (Å²) in [6.07, 6.45) is 29.0. The Morgan fingerprint density at radius 3 is 0.804 bits per heavy atom. The largest absolute Gasteiger partial charge is 0.289 e. The van der Waals surface area contributed by atoms with E-state index >= 15 is 0 Å². The van der Waals surface area contributed by atoms with E-state index in [4.69, 9.17) is 0 Å². The van der Waals surface area contributed by atoms with Crippen molar-refractivity contribution in [3.8, 4) is 0 Å². The zero-order valence-corrected chi connectivity index (χ0v) is 29.3. The van der Waals surface area contributed by atoms with Crippen molar-refractivity contribution in [1.29, 1.82) is 0 Å².